The Labute approximate surface area is 228 Å². The number of ketones is 1. The Bertz CT molecular complexity index is 1340. The Kier molecular flexibility index (Phi) is 8.54. The lowest BCUT2D eigenvalue weighted by Gasteiger charge is -2.17. The number of halogens is 4. The van der Waals surface area contributed by atoms with Crippen LogP contribution in [0.25, 0.3) is 0 Å². The van der Waals surface area contributed by atoms with Gasteiger partial charge in [-0.25, -0.2) is 0 Å². The molecule has 0 fully saturated rings. The monoisotopic (exact) mass is 564 g/mol. The van der Waals surface area contributed by atoms with Gasteiger partial charge in [0.05, 0.1) is 27.9 Å². The summed E-state index contributed by atoms with van der Waals surface area (Å²) in [6.45, 7) is 0.561. The second-order valence-corrected chi connectivity index (χ2v) is 9.57. The second kappa shape index (κ2) is 11.6. The van der Waals surface area contributed by atoms with Crippen LogP contribution in [0, 0.1) is 0 Å². The summed E-state index contributed by atoms with van der Waals surface area (Å²) in [7, 11) is 1.54. The topological polar surface area (TPSA) is 77.0 Å². The van der Waals surface area contributed by atoms with Gasteiger partial charge in [0.2, 0.25) is 0 Å². The smallest absolute Gasteiger partial charge is 0.257 e. The molecule has 3 aromatic rings. The number of Topliss-reactive ketones (excluding diaryl/α,β-unsaturated/α-hetero) is 1. The Balaban J connectivity index is 1.75. The first kappa shape index (κ1) is 26.5. The van der Waals surface area contributed by atoms with Crippen molar-refractivity contribution in [2.24, 2.45) is 4.99 Å². The molecule has 0 bridgehead atoms. The number of rotatable bonds is 7. The third-order valence-corrected chi connectivity index (χ3v) is 6.49. The van der Waals surface area contributed by atoms with E-state index in [9.17, 15) is 9.59 Å². The number of nitrogens with zero attached hydrogens (tertiary/aromatic N) is 1. The SMILES string of the molecule is COCCOc1ccc(Cl)cc1C(=O)N[C@@H]1N=C(c2c(Cl)cc(Cl)cc2Cl)c2ccccc2CC1=O. The zero-order chi connectivity index (χ0) is 25.8. The fourth-order valence-corrected chi connectivity index (χ4v) is 4.95. The van der Waals surface area contributed by atoms with Gasteiger partial charge in [0, 0.05) is 34.7 Å². The Morgan fingerprint density at radius 2 is 1.72 bits per heavy atom. The second-order valence-electron chi connectivity index (χ2n) is 7.88. The van der Waals surface area contributed by atoms with E-state index in [0.29, 0.717) is 39.2 Å². The van der Waals surface area contributed by atoms with Crippen LogP contribution in [0.5, 0.6) is 5.75 Å². The van der Waals surface area contributed by atoms with Gasteiger partial charge < -0.3 is 14.8 Å². The van der Waals surface area contributed by atoms with Crippen molar-refractivity contribution in [1.82, 2.24) is 5.32 Å². The molecule has 1 amide bonds. The zero-order valence-electron chi connectivity index (χ0n) is 19.0. The first-order valence-corrected chi connectivity index (χ1v) is 12.4. The van der Waals surface area contributed by atoms with Crippen molar-refractivity contribution in [2.45, 2.75) is 12.6 Å². The average molecular weight is 566 g/mol. The van der Waals surface area contributed by atoms with Gasteiger partial charge in [0.1, 0.15) is 12.4 Å². The van der Waals surface area contributed by atoms with Gasteiger partial charge in [-0.15, -0.1) is 0 Å². The van der Waals surface area contributed by atoms with E-state index in [0.717, 1.165) is 5.56 Å². The molecule has 186 valence electrons. The number of hydrogen-bond donors (Lipinski definition) is 1. The van der Waals surface area contributed by atoms with Gasteiger partial charge in [-0.3, -0.25) is 14.6 Å². The van der Waals surface area contributed by atoms with Gasteiger partial charge in [0.25, 0.3) is 5.91 Å². The van der Waals surface area contributed by atoms with Crippen molar-refractivity contribution in [3.8, 4) is 5.75 Å². The van der Waals surface area contributed by atoms with Gasteiger partial charge >= 0.3 is 0 Å². The van der Waals surface area contributed by atoms with Crippen LogP contribution in [-0.4, -0.2) is 43.9 Å². The summed E-state index contributed by atoms with van der Waals surface area (Å²) in [6.07, 6.45) is -1.17. The van der Waals surface area contributed by atoms with Gasteiger partial charge in [-0.2, -0.15) is 0 Å². The van der Waals surface area contributed by atoms with Crippen LogP contribution in [0.2, 0.25) is 20.1 Å². The molecule has 0 aliphatic carbocycles. The number of fused-ring (bicyclic) bond motifs is 1. The number of amides is 1. The minimum absolute atomic E-state index is 0.0453. The third kappa shape index (κ3) is 5.85. The van der Waals surface area contributed by atoms with Crippen molar-refractivity contribution >= 4 is 63.8 Å². The molecule has 0 radical (unpaired) electrons. The number of aliphatic imine (C=N–C) groups is 1. The lowest BCUT2D eigenvalue weighted by molar-refractivity contribution is -0.120. The summed E-state index contributed by atoms with van der Waals surface area (Å²) in [5.74, 6) is -0.590. The quantitative estimate of drug-likeness (QED) is 0.354. The Morgan fingerprint density at radius 1 is 1.00 bits per heavy atom. The minimum Gasteiger partial charge on any atom is -0.490 e. The number of methoxy groups -OCH3 is 1. The van der Waals surface area contributed by atoms with Crippen molar-refractivity contribution in [1.29, 1.82) is 0 Å². The fraction of sp³-hybridized carbons (Fsp3) is 0.192. The Hall–Kier alpha value is -2.61. The van der Waals surface area contributed by atoms with Crippen LogP contribution < -0.4 is 10.1 Å². The predicted molar refractivity (Wildman–Crippen MR) is 142 cm³/mol. The molecular formula is C26H20Cl4N2O4. The van der Waals surface area contributed by atoms with E-state index in [2.05, 4.69) is 10.3 Å². The minimum atomic E-state index is -1.21. The summed E-state index contributed by atoms with van der Waals surface area (Å²) in [4.78, 5) is 31.2. The van der Waals surface area contributed by atoms with Crippen LogP contribution in [0.4, 0.5) is 0 Å². The Morgan fingerprint density at radius 3 is 2.44 bits per heavy atom. The van der Waals surface area contributed by atoms with Crippen molar-refractivity contribution in [3.63, 3.8) is 0 Å². The molecule has 0 aromatic heterocycles. The first-order chi connectivity index (χ1) is 17.3. The average Bonchev–Trinajstić information content (AvgIpc) is 2.96. The fourth-order valence-electron chi connectivity index (χ4n) is 3.78. The van der Waals surface area contributed by atoms with E-state index in [-0.39, 0.29) is 34.4 Å². The number of benzene rings is 3. The maximum atomic E-state index is 13.3. The number of carbonyl (C=O) groups is 2. The summed E-state index contributed by atoms with van der Waals surface area (Å²) in [5.41, 5.74) is 2.35. The van der Waals surface area contributed by atoms with Gasteiger partial charge in [0.15, 0.2) is 11.9 Å². The van der Waals surface area contributed by atoms with E-state index in [1.165, 1.54) is 6.07 Å². The van der Waals surface area contributed by atoms with E-state index in [4.69, 9.17) is 55.9 Å². The summed E-state index contributed by atoms with van der Waals surface area (Å²) in [5, 5.41) is 3.94. The molecule has 10 heteroatoms. The van der Waals surface area contributed by atoms with Gasteiger partial charge in [-0.1, -0.05) is 70.7 Å². The molecule has 1 atom stereocenters. The number of nitrogens with one attached hydrogen (secondary N) is 1. The first-order valence-electron chi connectivity index (χ1n) is 10.8. The molecule has 0 saturated heterocycles. The molecule has 1 aliphatic rings. The van der Waals surface area contributed by atoms with Crippen LogP contribution in [0.15, 0.2) is 59.6 Å². The van der Waals surface area contributed by atoms with E-state index < -0.39 is 12.1 Å². The van der Waals surface area contributed by atoms with Crippen molar-refractivity contribution in [2.75, 3.05) is 20.3 Å². The summed E-state index contributed by atoms with van der Waals surface area (Å²) in [6, 6.07) is 15.0. The van der Waals surface area contributed by atoms with Crippen molar-refractivity contribution < 1.29 is 19.1 Å². The maximum absolute atomic E-state index is 13.3. The third-order valence-electron chi connectivity index (χ3n) is 5.44. The summed E-state index contributed by atoms with van der Waals surface area (Å²) >= 11 is 25.3. The van der Waals surface area contributed by atoms with Crippen LogP contribution in [0.1, 0.15) is 27.0 Å². The zero-order valence-corrected chi connectivity index (χ0v) is 22.0. The molecule has 0 saturated carbocycles. The highest BCUT2D eigenvalue weighted by atomic mass is 35.5. The van der Waals surface area contributed by atoms with Gasteiger partial charge in [-0.05, 0) is 35.9 Å². The maximum Gasteiger partial charge on any atom is 0.257 e. The molecule has 0 spiro atoms. The molecule has 1 heterocycles. The van der Waals surface area contributed by atoms with E-state index >= 15 is 0 Å². The molecule has 36 heavy (non-hydrogen) atoms. The highest BCUT2D eigenvalue weighted by Gasteiger charge is 2.30. The standard InChI is InChI=1S/C26H20Cl4N2O4/c1-35-8-9-36-22-7-6-15(27)11-18(22)26(34)32-25-21(33)10-14-4-2-3-5-17(14)24(31-25)23-19(29)12-16(28)13-20(23)30/h2-7,11-13,25H,8-10H2,1H3,(H,32,34)/t25-/m0/s1. The highest BCUT2D eigenvalue weighted by molar-refractivity contribution is 6.43. The normalized spacial score (nSPS) is 15.1. The molecule has 1 N–H and O–H groups in total. The van der Waals surface area contributed by atoms with Crippen LogP contribution >= 0.6 is 46.4 Å². The van der Waals surface area contributed by atoms with Crippen LogP contribution in [0.3, 0.4) is 0 Å². The number of hydrogen-bond acceptors (Lipinski definition) is 5. The molecule has 4 rings (SSSR count). The molecular weight excluding hydrogens is 546 g/mol. The highest BCUT2D eigenvalue weighted by Crippen LogP contribution is 2.33. The number of carbonyl (C=O) groups excluding carboxylic acids is 2. The molecule has 6 nitrogen and oxygen atoms in total. The lowest BCUT2D eigenvalue weighted by atomic mass is 9.96. The lowest BCUT2D eigenvalue weighted by Crippen LogP contribution is -2.40. The largest absolute Gasteiger partial charge is 0.490 e. The van der Waals surface area contributed by atoms with E-state index in [1.54, 1.807) is 31.4 Å². The molecule has 0 unspecified atom stereocenters. The van der Waals surface area contributed by atoms with Crippen molar-refractivity contribution in [3.05, 3.63) is 96.9 Å². The van der Waals surface area contributed by atoms with Crippen LogP contribution in [-0.2, 0) is 16.0 Å². The number of ether oxygens (including phenoxy) is 2. The predicted octanol–water partition coefficient (Wildman–Crippen LogP) is 6.04. The molecule has 3 aromatic carbocycles. The summed E-state index contributed by atoms with van der Waals surface area (Å²) < 4.78 is 10.7. The molecule has 1 aliphatic heterocycles. The van der Waals surface area contributed by atoms with E-state index in [1.807, 2.05) is 24.3 Å².